The van der Waals surface area contributed by atoms with Crippen molar-refractivity contribution in [2.45, 2.75) is 45.1 Å². The SMILES string of the molecule is COCCn1cnc2cc(NC(=O)C3CCCCC3)cc(C(=O)NCCCSC)c21. The summed E-state index contributed by atoms with van der Waals surface area (Å²) in [6.07, 6.45) is 9.96. The van der Waals surface area contributed by atoms with Gasteiger partial charge in [-0.05, 0) is 43.4 Å². The van der Waals surface area contributed by atoms with Gasteiger partial charge in [0.05, 0.1) is 29.5 Å². The number of carbonyl (C=O) groups is 2. The van der Waals surface area contributed by atoms with Gasteiger partial charge in [-0.2, -0.15) is 11.8 Å². The fourth-order valence-electron chi connectivity index (χ4n) is 3.94. The van der Waals surface area contributed by atoms with E-state index in [1.807, 2.05) is 10.6 Å². The van der Waals surface area contributed by atoms with Gasteiger partial charge < -0.3 is 19.9 Å². The average Bonchev–Trinajstić information content (AvgIpc) is 3.18. The first-order valence-electron chi connectivity index (χ1n) is 10.7. The predicted octanol–water partition coefficient (Wildman–Crippen LogP) is 3.68. The molecule has 2 aromatic rings. The third-order valence-electron chi connectivity index (χ3n) is 5.55. The van der Waals surface area contributed by atoms with E-state index in [1.54, 1.807) is 31.3 Å². The Kier molecular flexibility index (Phi) is 8.57. The molecule has 1 aromatic heterocycles. The molecule has 3 rings (SSSR count). The summed E-state index contributed by atoms with van der Waals surface area (Å²) in [5, 5.41) is 6.04. The number of methoxy groups -OCH3 is 1. The van der Waals surface area contributed by atoms with E-state index in [9.17, 15) is 9.59 Å². The molecule has 1 aromatic carbocycles. The number of fused-ring (bicyclic) bond motifs is 1. The lowest BCUT2D eigenvalue weighted by Crippen LogP contribution is -2.27. The zero-order chi connectivity index (χ0) is 21.3. The van der Waals surface area contributed by atoms with E-state index in [1.165, 1.54) is 6.42 Å². The molecule has 0 unspecified atom stereocenters. The number of hydrogen-bond donors (Lipinski definition) is 2. The summed E-state index contributed by atoms with van der Waals surface area (Å²) in [7, 11) is 1.65. The number of anilines is 1. The number of thioether (sulfide) groups is 1. The Hall–Kier alpha value is -2.06. The molecule has 164 valence electrons. The van der Waals surface area contributed by atoms with Crippen LogP contribution in [0.2, 0.25) is 0 Å². The minimum atomic E-state index is -0.144. The van der Waals surface area contributed by atoms with Crippen LogP contribution in [0, 0.1) is 5.92 Å². The highest BCUT2D eigenvalue weighted by Gasteiger charge is 2.22. The van der Waals surface area contributed by atoms with Gasteiger partial charge in [-0.25, -0.2) is 4.98 Å². The van der Waals surface area contributed by atoms with Crippen molar-refractivity contribution in [3.63, 3.8) is 0 Å². The number of benzene rings is 1. The molecule has 0 bridgehead atoms. The molecule has 0 atom stereocenters. The highest BCUT2D eigenvalue weighted by atomic mass is 32.2. The van der Waals surface area contributed by atoms with Crippen LogP contribution in [0.15, 0.2) is 18.5 Å². The molecule has 1 saturated carbocycles. The van der Waals surface area contributed by atoms with Crippen LogP contribution in [0.4, 0.5) is 5.69 Å². The molecule has 2 N–H and O–H groups in total. The molecule has 2 amide bonds. The van der Waals surface area contributed by atoms with E-state index in [-0.39, 0.29) is 17.7 Å². The summed E-state index contributed by atoms with van der Waals surface area (Å²) in [5.74, 6) is 0.949. The molecule has 0 aliphatic heterocycles. The highest BCUT2D eigenvalue weighted by molar-refractivity contribution is 7.98. The number of amides is 2. The van der Waals surface area contributed by atoms with Crippen molar-refractivity contribution in [2.24, 2.45) is 5.92 Å². The molecule has 1 fully saturated rings. The first kappa shape index (κ1) is 22.6. The molecular formula is C22H32N4O3S. The van der Waals surface area contributed by atoms with Crippen LogP contribution in [0.3, 0.4) is 0 Å². The van der Waals surface area contributed by atoms with Crippen molar-refractivity contribution in [2.75, 3.05) is 37.6 Å². The summed E-state index contributed by atoms with van der Waals surface area (Å²) >= 11 is 1.76. The summed E-state index contributed by atoms with van der Waals surface area (Å²) in [6.45, 7) is 1.75. The average molecular weight is 433 g/mol. The molecule has 1 aliphatic carbocycles. The third-order valence-corrected chi connectivity index (χ3v) is 6.25. The van der Waals surface area contributed by atoms with Crippen molar-refractivity contribution >= 4 is 40.3 Å². The lowest BCUT2D eigenvalue weighted by atomic mass is 9.88. The van der Waals surface area contributed by atoms with Crippen molar-refractivity contribution < 1.29 is 14.3 Å². The summed E-state index contributed by atoms with van der Waals surface area (Å²) in [4.78, 5) is 30.2. The second-order valence-corrected chi connectivity index (χ2v) is 8.73. The lowest BCUT2D eigenvalue weighted by molar-refractivity contribution is -0.120. The van der Waals surface area contributed by atoms with Crippen molar-refractivity contribution in [1.82, 2.24) is 14.9 Å². The number of hydrogen-bond acceptors (Lipinski definition) is 5. The first-order valence-corrected chi connectivity index (χ1v) is 12.1. The largest absolute Gasteiger partial charge is 0.383 e. The van der Waals surface area contributed by atoms with Crippen molar-refractivity contribution in [1.29, 1.82) is 0 Å². The number of ether oxygens (including phenoxy) is 1. The van der Waals surface area contributed by atoms with Crippen LogP contribution in [-0.2, 0) is 16.1 Å². The Labute approximate surface area is 182 Å². The van der Waals surface area contributed by atoms with Gasteiger partial charge in [0.2, 0.25) is 5.91 Å². The Morgan fingerprint density at radius 1 is 1.27 bits per heavy atom. The number of carbonyl (C=O) groups excluding carboxylic acids is 2. The second-order valence-electron chi connectivity index (χ2n) is 7.75. The van der Waals surface area contributed by atoms with E-state index >= 15 is 0 Å². The van der Waals surface area contributed by atoms with Gasteiger partial charge in [-0.3, -0.25) is 9.59 Å². The molecule has 1 heterocycles. The maximum absolute atomic E-state index is 13.0. The fraction of sp³-hybridized carbons (Fsp3) is 0.591. The Bertz CT molecular complexity index is 861. The number of rotatable bonds is 10. The number of aromatic nitrogens is 2. The highest BCUT2D eigenvalue weighted by Crippen LogP contribution is 2.27. The number of imidazole rings is 1. The molecule has 0 spiro atoms. The molecular weight excluding hydrogens is 400 g/mol. The van der Waals surface area contributed by atoms with Crippen molar-refractivity contribution in [3.8, 4) is 0 Å². The van der Waals surface area contributed by atoms with Gasteiger partial charge in [-0.1, -0.05) is 19.3 Å². The van der Waals surface area contributed by atoms with E-state index in [4.69, 9.17) is 4.74 Å². The van der Waals surface area contributed by atoms with Gasteiger partial charge in [0.25, 0.3) is 5.91 Å². The van der Waals surface area contributed by atoms with Crippen LogP contribution >= 0.6 is 11.8 Å². The number of nitrogens with zero attached hydrogens (tertiary/aromatic N) is 2. The van der Waals surface area contributed by atoms with Crippen LogP contribution in [-0.4, -0.2) is 53.6 Å². The predicted molar refractivity (Wildman–Crippen MR) is 122 cm³/mol. The quantitative estimate of drug-likeness (QED) is 0.560. The van der Waals surface area contributed by atoms with Gasteiger partial charge in [-0.15, -0.1) is 0 Å². The minimum Gasteiger partial charge on any atom is -0.383 e. The van der Waals surface area contributed by atoms with Gasteiger partial charge in [0, 0.05) is 31.8 Å². The molecule has 1 aliphatic rings. The standard InChI is InChI=1S/C22H32N4O3S/c1-29-11-10-26-15-24-19-14-17(25-21(27)16-7-4-3-5-8-16)13-18(20(19)26)22(28)23-9-6-12-30-2/h13-16H,3-12H2,1-2H3,(H,23,28)(H,25,27). The second kappa shape index (κ2) is 11.4. The topological polar surface area (TPSA) is 85.2 Å². The molecule has 30 heavy (non-hydrogen) atoms. The third kappa shape index (κ3) is 5.76. The van der Waals surface area contributed by atoms with Gasteiger partial charge in [0.1, 0.15) is 0 Å². The molecule has 0 radical (unpaired) electrons. The van der Waals surface area contributed by atoms with E-state index in [0.717, 1.165) is 43.4 Å². The summed E-state index contributed by atoms with van der Waals surface area (Å²) < 4.78 is 7.12. The van der Waals surface area contributed by atoms with E-state index in [0.29, 0.717) is 36.5 Å². The monoisotopic (exact) mass is 432 g/mol. The Morgan fingerprint density at radius 2 is 2.07 bits per heavy atom. The van der Waals surface area contributed by atoms with Crippen LogP contribution < -0.4 is 10.6 Å². The lowest BCUT2D eigenvalue weighted by Gasteiger charge is -2.21. The summed E-state index contributed by atoms with van der Waals surface area (Å²) in [5.41, 5.74) is 2.63. The maximum Gasteiger partial charge on any atom is 0.253 e. The Balaban J connectivity index is 1.85. The van der Waals surface area contributed by atoms with E-state index < -0.39 is 0 Å². The van der Waals surface area contributed by atoms with Crippen LogP contribution in [0.1, 0.15) is 48.9 Å². The zero-order valence-corrected chi connectivity index (χ0v) is 18.7. The van der Waals surface area contributed by atoms with Gasteiger partial charge in [0.15, 0.2) is 0 Å². The normalized spacial score (nSPS) is 14.7. The van der Waals surface area contributed by atoms with E-state index in [2.05, 4.69) is 21.9 Å². The molecule has 0 saturated heterocycles. The molecule has 7 nitrogen and oxygen atoms in total. The van der Waals surface area contributed by atoms with Crippen LogP contribution in [0.25, 0.3) is 11.0 Å². The smallest absolute Gasteiger partial charge is 0.253 e. The van der Waals surface area contributed by atoms with Crippen molar-refractivity contribution in [3.05, 3.63) is 24.0 Å². The molecule has 8 heteroatoms. The Morgan fingerprint density at radius 3 is 2.80 bits per heavy atom. The fourth-order valence-corrected chi connectivity index (χ4v) is 4.37. The summed E-state index contributed by atoms with van der Waals surface area (Å²) in [6, 6.07) is 3.63. The maximum atomic E-state index is 13.0. The number of nitrogens with one attached hydrogen (secondary N) is 2. The minimum absolute atomic E-state index is 0.0409. The first-order chi connectivity index (χ1) is 14.6. The van der Waals surface area contributed by atoms with Gasteiger partial charge >= 0.3 is 0 Å². The zero-order valence-electron chi connectivity index (χ0n) is 17.9. The van der Waals surface area contributed by atoms with Crippen LogP contribution in [0.5, 0.6) is 0 Å².